The third-order valence-electron chi connectivity index (χ3n) is 1.96. The highest BCUT2D eigenvalue weighted by atomic mass is 31.2. The van der Waals surface area contributed by atoms with Gasteiger partial charge in [0, 0.05) is 21.3 Å². The molecule has 0 unspecified atom stereocenters. The fraction of sp³-hybridized carbons (Fsp3) is 0.400. The highest BCUT2D eigenvalue weighted by molar-refractivity contribution is 7.51. The van der Waals surface area contributed by atoms with Gasteiger partial charge < -0.3 is 13.6 Å². The lowest BCUT2D eigenvalue weighted by atomic mass is 10.2. The van der Waals surface area contributed by atoms with Crippen LogP contribution in [0, 0.1) is 6.92 Å². The van der Waals surface area contributed by atoms with E-state index in [0.29, 0.717) is 0 Å². The van der Waals surface area contributed by atoms with Crippen LogP contribution in [0.2, 0.25) is 0 Å². The van der Waals surface area contributed by atoms with E-state index in [0.717, 1.165) is 5.69 Å². The van der Waals surface area contributed by atoms with E-state index < -0.39 is 7.74 Å². The van der Waals surface area contributed by atoms with Crippen LogP contribution in [0.1, 0.15) is 5.56 Å². The van der Waals surface area contributed by atoms with E-state index in [1.54, 1.807) is 0 Å². The predicted molar refractivity (Wildman–Crippen MR) is 61.2 cm³/mol. The molecule has 0 spiro atoms. The molecule has 5 heteroatoms. The lowest BCUT2D eigenvalue weighted by molar-refractivity contribution is 0.224. The fourth-order valence-electron chi connectivity index (χ4n) is 1.10. The van der Waals surface area contributed by atoms with E-state index in [1.807, 2.05) is 31.2 Å². The molecule has 0 aliphatic rings. The molecule has 0 aliphatic heterocycles. The summed E-state index contributed by atoms with van der Waals surface area (Å²) in [7, 11) is 2.03. The summed E-state index contributed by atoms with van der Waals surface area (Å²) in [5, 5.41) is 0. The zero-order chi connectivity index (χ0) is 11.3. The highest BCUT2D eigenvalue weighted by Crippen LogP contribution is 2.53. The lowest BCUT2D eigenvalue weighted by Crippen LogP contribution is -1.90. The minimum Gasteiger partial charge on any atom is -0.306 e. The lowest BCUT2D eigenvalue weighted by Gasteiger charge is -2.16. The smallest absolute Gasteiger partial charge is 0.306 e. The van der Waals surface area contributed by atoms with Crippen molar-refractivity contribution < 1.29 is 13.6 Å². The number of hydrogen-bond acceptors (Lipinski definition) is 4. The summed E-state index contributed by atoms with van der Waals surface area (Å²) in [5.74, 6) is 0. The van der Waals surface area contributed by atoms with Gasteiger partial charge in [0.1, 0.15) is 0 Å². The summed E-state index contributed by atoms with van der Waals surface area (Å²) < 4.78 is 19.8. The molecule has 0 fully saturated rings. The van der Waals surface area contributed by atoms with E-state index in [2.05, 4.69) is 4.74 Å². The Kier molecular flexibility index (Phi) is 4.48. The predicted octanol–water partition coefficient (Wildman–Crippen LogP) is 3.51. The molecule has 1 aromatic rings. The number of hydrogen-bond donors (Lipinski definition) is 0. The van der Waals surface area contributed by atoms with Crippen molar-refractivity contribution in [2.45, 2.75) is 6.92 Å². The van der Waals surface area contributed by atoms with Crippen LogP contribution in [0.4, 0.5) is 5.69 Å². The monoisotopic (exact) mass is 229 g/mol. The van der Waals surface area contributed by atoms with Crippen molar-refractivity contribution in [2.75, 3.05) is 21.3 Å². The topological polar surface area (TPSA) is 40.0 Å². The van der Waals surface area contributed by atoms with Gasteiger partial charge >= 0.3 is 7.74 Å². The zero-order valence-corrected chi connectivity index (χ0v) is 10.3. The first-order valence-corrected chi connectivity index (χ1v) is 6.01. The van der Waals surface area contributed by atoms with E-state index in [9.17, 15) is 0 Å². The Hall–Kier alpha value is -0.670. The maximum atomic E-state index is 5.17. The molecule has 84 valence electrons. The molecule has 0 aromatic heterocycles. The summed E-state index contributed by atoms with van der Waals surface area (Å²) in [6.45, 7) is 2.02. The molecule has 0 heterocycles. The third-order valence-corrected chi connectivity index (χ3v) is 3.82. The largest absolute Gasteiger partial charge is 0.359 e. The van der Waals surface area contributed by atoms with Gasteiger partial charge in [0.05, 0.1) is 5.69 Å². The molecular weight excluding hydrogens is 213 g/mol. The van der Waals surface area contributed by atoms with Gasteiger partial charge in [-0.15, -0.1) is 0 Å². The molecule has 0 radical (unpaired) electrons. The van der Waals surface area contributed by atoms with E-state index in [1.165, 1.54) is 26.9 Å². The van der Waals surface area contributed by atoms with Crippen molar-refractivity contribution in [1.29, 1.82) is 0 Å². The van der Waals surface area contributed by atoms with E-state index in [4.69, 9.17) is 13.6 Å². The van der Waals surface area contributed by atoms with Crippen LogP contribution in [0.3, 0.4) is 0 Å². The van der Waals surface area contributed by atoms with Crippen molar-refractivity contribution >= 4 is 13.4 Å². The molecule has 1 rings (SSSR count). The molecule has 4 nitrogen and oxygen atoms in total. The van der Waals surface area contributed by atoms with Crippen LogP contribution in [0.5, 0.6) is 0 Å². The van der Waals surface area contributed by atoms with Crippen molar-refractivity contribution in [2.24, 2.45) is 4.74 Å². The van der Waals surface area contributed by atoms with Gasteiger partial charge in [-0.3, -0.25) is 0 Å². The van der Waals surface area contributed by atoms with Crippen LogP contribution < -0.4 is 0 Å². The maximum Gasteiger partial charge on any atom is 0.359 e. The van der Waals surface area contributed by atoms with Gasteiger partial charge in [0.15, 0.2) is 0 Å². The van der Waals surface area contributed by atoms with Gasteiger partial charge in [-0.05, 0) is 19.1 Å². The maximum absolute atomic E-state index is 5.17. The molecule has 15 heavy (non-hydrogen) atoms. The summed E-state index contributed by atoms with van der Waals surface area (Å²) in [4.78, 5) is 0. The first-order valence-electron chi connectivity index (χ1n) is 4.52. The van der Waals surface area contributed by atoms with Gasteiger partial charge in [0.25, 0.3) is 0 Å². The second-order valence-electron chi connectivity index (χ2n) is 2.95. The normalized spacial score (nSPS) is 11.5. The fourth-order valence-corrected chi connectivity index (χ4v) is 2.21. The standard InChI is InChI=1S/C10H16NO3P/c1-9-5-7-10(8-6-9)11-15(12-2,13-3)14-4/h5-8H,1-4H3. The average molecular weight is 229 g/mol. The summed E-state index contributed by atoms with van der Waals surface area (Å²) >= 11 is 0. The first-order chi connectivity index (χ1) is 7.15. The first kappa shape index (κ1) is 12.4. The second-order valence-corrected chi connectivity index (χ2v) is 5.18. The van der Waals surface area contributed by atoms with Crippen molar-refractivity contribution in [3.05, 3.63) is 29.8 Å². The van der Waals surface area contributed by atoms with Crippen molar-refractivity contribution in [3.63, 3.8) is 0 Å². The summed E-state index contributed by atoms with van der Waals surface area (Å²) in [5.41, 5.74) is 1.98. The van der Waals surface area contributed by atoms with Gasteiger partial charge in [-0.1, -0.05) is 17.7 Å². The Morgan fingerprint density at radius 1 is 0.933 bits per heavy atom. The van der Waals surface area contributed by atoms with E-state index in [-0.39, 0.29) is 0 Å². The molecule has 0 N–H and O–H groups in total. The Morgan fingerprint density at radius 3 is 1.80 bits per heavy atom. The molecule has 1 aromatic carbocycles. The van der Waals surface area contributed by atoms with E-state index >= 15 is 0 Å². The van der Waals surface area contributed by atoms with Crippen LogP contribution >= 0.6 is 7.74 Å². The second kappa shape index (κ2) is 5.42. The Balaban J connectivity index is 3.07. The molecule has 0 saturated carbocycles. The third kappa shape index (κ3) is 3.14. The SMILES string of the molecule is COP(=Nc1ccc(C)cc1)(OC)OC. The minimum absolute atomic E-state index is 0.791. The summed E-state index contributed by atoms with van der Waals surface area (Å²) in [6.07, 6.45) is 0. The van der Waals surface area contributed by atoms with Gasteiger partial charge in [-0.25, -0.2) is 0 Å². The molecule has 0 atom stereocenters. The van der Waals surface area contributed by atoms with Gasteiger partial charge in [-0.2, -0.15) is 4.74 Å². The molecule has 0 aliphatic carbocycles. The number of nitrogens with zero attached hydrogens (tertiary/aromatic N) is 1. The molecule has 0 amide bonds. The Bertz CT molecular complexity index is 342. The van der Waals surface area contributed by atoms with Crippen LogP contribution in [-0.2, 0) is 13.6 Å². The average Bonchev–Trinajstić information content (AvgIpc) is 2.29. The van der Waals surface area contributed by atoms with Crippen molar-refractivity contribution in [1.82, 2.24) is 0 Å². The minimum atomic E-state index is -2.55. The van der Waals surface area contributed by atoms with Crippen LogP contribution in [0.15, 0.2) is 29.0 Å². The summed E-state index contributed by atoms with van der Waals surface area (Å²) in [6, 6.07) is 7.77. The molecule has 0 saturated heterocycles. The Morgan fingerprint density at radius 2 is 1.40 bits per heavy atom. The number of rotatable bonds is 4. The van der Waals surface area contributed by atoms with Crippen LogP contribution in [-0.4, -0.2) is 21.3 Å². The Labute approximate surface area is 90.5 Å². The van der Waals surface area contributed by atoms with Crippen molar-refractivity contribution in [3.8, 4) is 0 Å². The quantitative estimate of drug-likeness (QED) is 0.741. The van der Waals surface area contributed by atoms with Crippen LogP contribution in [0.25, 0.3) is 0 Å². The zero-order valence-electron chi connectivity index (χ0n) is 9.43. The number of aryl methyl sites for hydroxylation is 1. The molecule has 0 bridgehead atoms. The van der Waals surface area contributed by atoms with Gasteiger partial charge in [0.2, 0.25) is 0 Å². The molecular formula is C10H16NO3P. The highest BCUT2D eigenvalue weighted by Gasteiger charge is 2.17. The number of benzene rings is 1.